The van der Waals surface area contributed by atoms with Crippen molar-refractivity contribution in [2.45, 2.75) is 43.6 Å². The highest BCUT2D eigenvalue weighted by molar-refractivity contribution is 5.78. The zero-order valence-corrected chi connectivity index (χ0v) is 15.5. The fraction of sp³-hybridized carbons (Fsp3) is 0.650. The topological polar surface area (TPSA) is 104 Å². The number of carbonyl (C=O) groups excluding carboxylic acids is 1. The number of rotatable bonds is 5. The van der Waals surface area contributed by atoms with E-state index in [1.165, 1.54) is 0 Å². The molecular weight excluding hydrogens is 348 g/mol. The second-order valence-corrected chi connectivity index (χ2v) is 7.74. The summed E-state index contributed by atoms with van der Waals surface area (Å²) in [6.07, 6.45) is -1.29. The molecule has 0 saturated carbocycles. The molecule has 2 saturated heterocycles. The van der Waals surface area contributed by atoms with E-state index in [-0.39, 0.29) is 19.1 Å². The van der Waals surface area contributed by atoms with Gasteiger partial charge in [0.2, 0.25) is 5.91 Å². The van der Waals surface area contributed by atoms with Gasteiger partial charge in [0, 0.05) is 26.2 Å². The predicted octanol–water partition coefficient (Wildman–Crippen LogP) is -0.773. The summed E-state index contributed by atoms with van der Waals surface area (Å²) in [5.74, 6) is 0.467. The van der Waals surface area contributed by atoms with Gasteiger partial charge in [0.05, 0.1) is 25.2 Å². The smallest absolute Gasteiger partial charge is 0.226 e. The van der Waals surface area contributed by atoms with E-state index in [1.54, 1.807) is 0 Å². The van der Waals surface area contributed by atoms with E-state index < -0.39 is 24.4 Å². The lowest BCUT2D eigenvalue weighted by Crippen LogP contribution is -2.63. The van der Waals surface area contributed by atoms with Crippen LogP contribution in [0.1, 0.15) is 18.4 Å². The molecule has 0 aromatic heterocycles. The van der Waals surface area contributed by atoms with Gasteiger partial charge in [-0.2, -0.15) is 0 Å². The van der Waals surface area contributed by atoms with Crippen LogP contribution < -0.4 is 0 Å². The number of aliphatic hydroxyl groups is 4. The minimum absolute atomic E-state index is 0.139. The van der Waals surface area contributed by atoms with Crippen molar-refractivity contribution in [2.75, 3.05) is 32.8 Å². The fourth-order valence-corrected chi connectivity index (χ4v) is 4.17. The minimum Gasteiger partial charge on any atom is -0.395 e. The molecule has 2 aliphatic rings. The predicted molar refractivity (Wildman–Crippen MR) is 99.9 cm³/mol. The molecule has 150 valence electrons. The van der Waals surface area contributed by atoms with Gasteiger partial charge in [0.25, 0.3) is 0 Å². The van der Waals surface area contributed by atoms with Crippen LogP contribution in [0.4, 0.5) is 0 Å². The van der Waals surface area contributed by atoms with E-state index in [9.17, 15) is 25.2 Å². The monoisotopic (exact) mass is 378 g/mol. The molecule has 0 unspecified atom stereocenters. The fourth-order valence-electron chi connectivity index (χ4n) is 4.17. The van der Waals surface area contributed by atoms with Crippen molar-refractivity contribution in [1.82, 2.24) is 9.80 Å². The third kappa shape index (κ3) is 4.86. The Kier molecular flexibility index (Phi) is 6.83. The van der Waals surface area contributed by atoms with E-state index in [1.807, 2.05) is 40.1 Å². The van der Waals surface area contributed by atoms with Crippen LogP contribution in [-0.4, -0.2) is 93.3 Å². The Bertz CT molecular complexity index is 606. The number of aliphatic hydroxyl groups excluding tert-OH is 4. The summed E-state index contributed by atoms with van der Waals surface area (Å²) >= 11 is 0. The van der Waals surface area contributed by atoms with Crippen molar-refractivity contribution in [2.24, 2.45) is 5.92 Å². The van der Waals surface area contributed by atoms with Crippen LogP contribution in [0.3, 0.4) is 0 Å². The van der Waals surface area contributed by atoms with Gasteiger partial charge in [-0.1, -0.05) is 30.3 Å². The number of β-amino-alcohol motifs (C(OH)–C–C–N with tert-alkyl or cyclic N) is 1. The van der Waals surface area contributed by atoms with Crippen molar-refractivity contribution < 1.29 is 25.2 Å². The summed E-state index contributed by atoms with van der Waals surface area (Å²) in [6, 6.07) is 9.16. The number of amides is 1. The summed E-state index contributed by atoms with van der Waals surface area (Å²) in [6.45, 7) is 1.99. The second kappa shape index (κ2) is 9.12. The van der Waals surface area contributed by atoms with E-state index in [4.69, 9.17) is 0 Å². The van der Waals surface area contributed by atoms with Crippen LogP contribution in [0.15, 0.2) is 30.3 Å². The first-order valence-corrected chi connectivity index (χ1v) is 9.70. The van der Waals surface area contributed by atoms with Gasteiger partial charge >= 0.3 is 0 Å². The number of hydrogen-bond donors (Lipinski definition) is 4. The Morgan fingerprint density at radius 3 is 2.33 bits per heavy atom. The van der Waals surface area contributed by atoms with Gasteiger partial charge in [-0.05, 0) is 24.3 Å². The van der Waals surface area contributed by atoms with Crippen LogP contribution in [-0.2, 0) is 11.2 Å². The highest BCUT2D eigenvalue weighted by Gasteiger charge is 2.41. The van der Waals surface area contributed by atoms with Gasteiger partial charge < -0.3 is 25.3 Å². The number of benzene rings is 1. The molecule has 1 aromatic rings. The van der Waals surface area contributed by atoms with Crippen LogP contribution in [0.5, 0.6) is 0 Å². The molecule has 0 spiro atoms. The van der Waals surface area contributed by atoms with Gasteiger partial charge in [0.15, 0.2) is 0 Å². The molecule has 0 aliphatic carbocycles. The van der Waals surface area contributed by atoms with Crippen molar-refractivity contribution >= 4 is 5.91 Å². The number of nitrogens with zero attached hydrogens (tertiary/aromatic N) is 2. The third-order valence-electron chi connectivity index (χ3n) is 5.87. The quantitative estimate of drug-likeness (QED) is 0.536. The molecule has 4 atom stereocenters. The molecule has 2 aliphatic heterocycles. The molecule has 0 bridgehead atoms. The van der Waals surface area contributed by atoms with Crippen LogP contribution in [0, 0.1) is 5.92 Å². The first-order valence-electron chi connectivity index (χ1n) is 9.70. The number of carbonyl (C=O) groups is 1. The van der Waals surface area contributed by atoms with E-state index in [2.05, 4.69) is 0 Å². The molecule has 1 aromatic carbocycles. The largest absolute Gasteiger partial charge is 0.395 e. The van der Waals surface area contributed by atoms with Gasteiger partial charge in [-0.15, -0.1) is 0 Å². The Labute approximate surface area is 159 Å². The molecular formula is C20H30N2O5. The summed E-state index contributed by atoms with van der Waals surface area (Å²) in [7, 11) is 0. The number of piperidine rings is 2. The van der Waals surface area contributed by atoms with Crippen LogP contribution >= 0.6 is 0 Å². The summed E-state index contributed by atoms with van der Waals surface area (Å²) in [5, 5.41) is 39.4. The molecule has 0 radical (unpaired) electrons. The van der Waals surface area contributed by atoms with Crippen LogP contribution in [0.25, 0.3) is 0 Å². The Hall–Kier alpha value is -1.51. The van der Waals surface area contributed by atoms with Crippen molar-refractivity contribution in [3.05, 3.63) is 35.9 Å². The van der Waals surface area contributed by atoms with Gasteiger partial charge in [0.1, 0.15) is 12.2 Å². The highest BCUT2D eigenvalue weighted by atomic mass is 16.4. The highest BCUT2D eigenvalue weighted by Crippen LogP contribution is 2.24. The van der Waals surface area contributed by atoms with E-state index in [0.717, 1.165) is 18.4 Å². The maximum atomic E-state index is 12.5. The molecule has 2 heterocycles. The normalized spacial score (nSPS) is 30.4. The third-order valence-corrected chi connectivity index (χ3v) is 5.87. The molecule has 1 amide bonds. The molecule has 7 nitrogen and oxygen atoms in total. The number of likely N-dealkylation sites (tertiary alicyclic amines) is 2. The Balaban J connectivity index is 1.49. The van der Waals surface area contributed by atoms with Gasteiger partial charge in [-0.3, -0.25) is 9.69 Å². The maximum Gasteiger partial charge on any atom is 0.226 e. The maximum absolute atomic E-state index is 12.5. The first-order chi connectivity index (χ1) is 13.0. The lowest BCUT2D eigenvalue weighted by Gasteiger charge is -2.45. The second-order valence-electron chi connectivity index (χ2n) is 7.74. The van der Waals surface area contributed by atoms with Crippen molar-refractivity contribution in [3.8, 4) is 0 Å². The summed E-state index contributed by atoms with van der Waals surface area (Å²) in [5.41, 5.74) is 1.02. The molecule has 7 heteroatoms. The summed E-state index contributed by atoms with van der Waals surface area (Å²) in [4.78, 5) is 16.2. The zero-order valence-electron chi connectivity index (χ0n) is 15.5. The Morgan fingerprint density at radius 1 is 1.04 bits per heavy atom. The lowest BCUT2D eigenvalue weighted by atomic mass is 9.90. The average Bonchev–Trinajstić information content (AvgIpc) is 2.68. The standard InChI is InChI=1S/C20H30N2O5/c23-13-16-19(26)20(27)17(24)12-22(16)11-15-6-8-21(9-7-15)18(25)10-14-4-2-1-3-5-14/h1-5,15-17,19-20,23-24,26-27H,6-13H2/t16-,17-,19+,20+/m0/s1. The van der Waals surface area contributed by atoms with Crippen molar-refractivity contribution in [3.63, 3.8) is 0 Å². The lowest BCUT2D eigenvalue weighted by molar-refractivity contribution is -0.148. The SMILES string of the molecule is O=C(Cc1ccccc1)N1CCC(CN2C[C@H](O)[C@@H](O)[C@H](O)[C@@H]2CO)CC1. The van der Waals surface area contributed by atoms with E-state index in [0.29, 0.717) is 32.0 Å². The zero-order chi connectivity index (χ0) is 19.4. The molecule has 4 N–H and O–H groups in total. The van der Waals surface area contributed by atoms with Crippen LogP contribution in [0.2, 0.25) is 0 Å². The molecule has 3 rings (SSSR count). The number of hydrogen-bond acceptors (Lipinski definition) is 6. The average molecular weight is 378 g/mol. The van der Waals surface area contributed by atoms with Crippen molar-refractivity contribution in [1.29, 1.82) is 0 Å². The Morgan fingerprint density at radius 2 is 1.70 bits per heavy atom. The minimum atomic E-state index is -1.23. The van der Waals surface area contributed by atoms with Gasteiger partial charge in [-0.25, -0.2) is 0 Å². The molecule has 27 heavy (non-hydrogen) atoms. The molecule has 2 fully saturated rings. The first kappa shape index (κ1) is 20.2. The summed E-state index contributed by atoms with van der Waals surface area (Å²) < 4.78 is 0. The van der Waals surface area contributed by atoms with E-state index >= 15 is 0 Å².